The maximum absolute atomic E-state index is 10.1. The fourth-order valence-electron chi connectivity index (χ4n) is 2.44. The SMILES string of the molecule is CC[C@@](N)(CO)CCc1ccc(OCCCCC(C)C)cc1O. The first kappa shape index (κ1) is 19.8. The predicted octanol–water partition coefficient (Wildman–Crippen LogP) is 3.63. The average Bonchev–Trinajstić information content (AvgIpc) is 2.53. The number of rotatable bonds is 11. The van der Waals surface area contributed by atoms with E-state index >= 15 is 0 Å². The molecule has 0 saturated heterocycles. The molecule has 4 nitrogen and oxygen atoms in total. The van der Waals surface area contributed by atoms with Crippen molar-refractivity contribution in [3.8, 4) is 11.5 Å². The lowest BCUT2D eigenvalue weighted by Crippen LogP contribution is -2.43. The first-order valence-corrected chi connectivity index (χ1v) is 8.74. The zero-order valence-electron chi connectivity index (χ0n) is 14.8. The number of hydrogen-bond acceptors (Lipinski definition) is 4. The van der Waals surface area contributed by atoms with Crippen molar-refractivity contribution < 1.29 is 14.9 Å². The van der Waals surface area contributed by atoms with Gasteiger partial charge >= 0.3 is 0 Å². The number of phenolic OH excluding ortho intramolecular Hbond substituents is 1. The van der Waals surface area contributed by atoms with Gasteiger partial charge in [-0.05, 0) is 49.7 Å². The number of hydrogen-bond donors (Lipinski definition) is 3. The Hall–Kier alpha value is -1.26. The number of nitrogens with two attached hydrogens (primary N) is 1. The first-order valence-electron chi connectivity index (χ1n) is 8.74. The number of aliphatic hydroxyl groups is 1. The van der Waals surface area contributed by atoms with E-state index < -0.39 is 5.54 Å². The van der Waals surface area contributed by atoms with Crippen LogP contribution in [-0.2, 0) is 6.42 Å². The molecule has 1 atom stereocenters. The molecule has 4 N–H and O–H groups in total. The number of phenols is 1. The molecule has 0 aliphatic carbocycles. The lowest BCUT2D eigenvalue weighted by atomic mass is 9.90. The van der Waals surface area contributed by atoms with Crippen LogP contribution in [0, 0.1) is 5.92 Å². The Labute approximate surface area is 140 Å². The van der Waals surface area contributed by atoms with Gasteiger partial charge in [-0.15, -0.1) is 0 Å². The van der Waals surface area contributed by atoms with Crippen molar-refractivity contribution in [3.63, 3.8) is 0 Å². The van der Waals surface area contributed by atoms with E-state index in [4.69, 9.17) is 10.5 Å². The van der Waals surface area contributed by atoms with Crippen LogP contribution in [0.5, 0.6) is 11.5 Å². The number of ether oxygens (including phenoxy) is 1. The number of aliphatic hydroxyl groups excluding tert-OH is 1. The molecule has 132 valence electrons. The largest absolute Gasteiger partial charge is 0.508 e. The minimum absolute atomic E-state index is 0.0398. The Morgan fingerprint density at radius 3 is 2.57 bits per heavy atom. The minimum Gasteiger partial charge on any atom is -0.508 e. The Morgan fingerprint density at radius 1 is 1.26 bits per heavy atom. The van der Waals surface area contributed by atoms with Crippen LogP contribution in [-0.4, -0.2) is 29.0 Å². The van der Waals surface area contributed by atoms with Gasteiger partial charge < -0.3 is 20.7 Å². The third-order valence-electron chi connectivity index (χ3n) is 4.41. The monoisotopic (exact) mass is 323 g/mol. The second-order valence-electron chi connectivity index (χ2n) is 6.90. The van der Waals surface area contributed by atoms with Crippen LogP contribution in [0.25, 0.3) is 0 Å². The molecule has 0 amide bonds. The van der Waals surface area contributed by atoms with Crippen LogP contribution in [0.4, 0.5) is 0 Å². The zero-order chi connectivity index (χ0) is 17.3. The molecule has 1 rings (SSSR count). The van der Waals surface area contributed by atoms with Crippen LogP contribution in [0.1, 0.15) is 58.4 Å². The van der Waals surface area contributed by atoms with Gasteiger partial charge in [-0.3, -0.25) is 0 Å². The summed E-state index contributed by atoms with van der Waals surface area (Å²) in [7, 11) is 0. The Morgan fingerprint density at radius 2 is 2.00 bits per heavy atom. The van der Waals surface area contributed by atoms with Gasteiger partial charge in [0.05, 0.1) is 13.2 Å². The van der Waals surface area contributed by atoms with E-state index in [2.05, 4.69) is 13.8 Å². The summed E-state index contributed by atoms with van der Waals surface area (Å²) in [6.45, 7) is 7.05. The van der Waals surface area contributed by atoms with Gasteiger partial charge in [-0.2, -0.15) is 0 Å². The quantitative estimate of drug-likeness (QED) is 0.544. The van der Waals surface area contributed by atoms with E-state index in [9.17, 15) is 10.2 Å². The summed E-state index contributed by atoms with van der Waals surface area (Å²) in [4.78, 5) is 0. The third-order valence-corrected chi connectivity index (χ3v) is 4.41. The Kier molecular flexibility index (Phi) is 8.42. The summed E-state index contributed by atoms with van der Waals surface area (Å²) in [6.07, 6.45) is 5.41. The lowest BCUT2D eigenvalue weighted by molar-refractivity contribution is 0.182. The molecule has 1 aromatic carbocycles. The van der Waals surface area contributed by atoms with Crippen molar-refractivity contribution in [2.75, 3.05) is 13.2 Å². The van der Waals surface area contributed by atoms with E-state index in [0.717, 1.165) is 17.9 Å². The zero-order valence-corrected chi connectivity index (χ0v) is 14.8. The van der Waals surface area contributed by atoms with Gasteiger partial charge in [0.25, 0.3) is 0 Å². The number of aryl methyl sites for hydroxylation is 1. The van der Waals surface area contributed by atoms with Gasteiger partial charge in [0.1, 0.15) is 11.5 Å². The normalized spacial score (nSPS) is 14.0. The van der Waals surface area contributed by atoms with Crippen molar-refractivity contribution in [2.45, 2.75) is 64.8 Å². The fourth-order valence-corrected chi connectivity index (χ4v) is 2.44. The summed E-state index contributed by atoms with van der Waals surface area (Å²) < 4.78 is 5.69. The third kappa shape index (κ3) is 7.23. The number of unbranched alkanes of at least 4 members (excludes halogenated alkanes) is 1. The molecule has 0 aliphatic heterocycles. The summed E-state index contributed by atoms with van der Waals surface area (Å²) in [5.74, 6) is 1.67. The standard InChI is InChI=1S/C19H33NO3/c1-4-19(20,14-21)11-10-16-8-9-17(13-18(16)22)23-12-6-5-7-15(2)3/h8-9,13,15,21-22H,4-7,10-12,14,20H2,1-3H3/t19-/m0/s1. The molecule has 0 radical (unpaired) electrons. The van der Waals surface area contributed by atoms with Crippen molar-refractivity contribution in [3.05, 3.63) is 23.8 Å². The number of benzene rings is 1. The first-order chi connectivity index (χ1) is 10.9. The van der Waals surface area contributed by atoms with Crippen LogP contribution in [0.3, 0.4) is 0 Å². The number of aromatic hydroxyl groups is 1. The van der Waals surface area contributed by atoms with Gasteiger partial charge in [0, 0.05) is 11.6 Å². The lowest BCUT2D eigenvalue weighted by Gasteiger charge is -2.25. The maximum Gasteiger partial charge on any atom is 0.122 e. The van der Waals surface area contributed by atoms with E-state index in [1.54, 1.807) is 6.07 Å². The smallest absolute Gasteiger partial charge is 0.122 e. The molecule has 0 aliphatic rings. The van der Waals surface area contributed by atoms with Gasteiger partial charge in [-0.1, -0.05) is 33.3 Å². The second-order valence-corrected chi connectivity index (χ2v) is 6.90. The molecular formula is C19H33NO3. The average molecular weight is 323 g/mol. The van der Waals surface area contributed by atoms with E-state index in [1.165, 1.54) is 12.8 Å². The van der Waals surface area contributed by atoms with Crippen molar-refractivity contribution in [1.82, 2.24) is 0 Å². The molecule has 0 heterocycles. The predicted molar refractivity (Wildman–Crippen MR) is 94.9 cm³/mol. The molecule has 0 bridgehead atoms. The highest BCUT2D eigenvalue weighted by atomic mass is 16.5. The molecule has 23 heavy (non-hydrogen) atoms. The second kappa shape index (κ2) is 9.78. The Bertz CT molecular complexity index is 456. The molecule has 0 aromatic heterocycles. The Balaban J connectivity index is 2.45. The highest BCUT2D eigenvalue weighted by Gasteiger charge is 2.21. The van der Waals surface area contributed by atoms with Crippen LogP contribution in [0.2, 0.25) is 0 Å². The highest BCUT2D eigenvalue weighted by Crippen LogP contribution is 2.26. The molecular weight excluding hydrogens is 290 g/mol. The molecule has 4 heteroatoms. The van der Waals surface area contributed by atoms with Crippen LogP contribution < -0.4 is 10.5 Å². The van der Waals surface area contributed by atoms with Gasteiger partial charge in [-0.25, -0.2) is 0 Å². The van der Waals surface area contributed by atoms with E-state index in [0.29, 0.717) is 31.6 Å². The van der Waals surface area contributed by atoms with Crippen LogP contribution in [0.15, 0.2) is 18.2 Å². The van der Waals surface area contributed by atoms with Gasteiger partial charge in [0.2, 0.25) is 0 Å². The summed E-state index contributed by atoms with van der Waals surface area (Å²) >= 11 is 0. The molecule has 0 unspecified atom stereocenters. The van der Waals surface area contributed by atoms with Crippen LogP contribution >= 0.6 is 0 Å². The summed E-state index contributed by atoms with van der Waals surface area (Å²) in [6, 6.07) is 5.44. The highest BCUT2D eigenvalue weighted by molar-refractivity contribution is 5.39. The maximum atomic E-state index is 10.1. The molecule has 0 spiro atoms. The molecule has 0 saturated carbocycles. The fraction of sp³-hybridized carbons (Fsp3) is 0.684. The van der Waals surface area contributed by atoms with Gasteiger partial charge in [0.15, 0.2) is 0 Å². The summed E-state index contributed by atoms with van der Waals surface area (Å²) in [5.41, 5.74) is 6.35. The summed E-state index contributed by atoms with van der Waals surface area (Å²) in [5, 5.41) is 19.5. The minimum atomic E-state index is -0.571. The molecule has 1 aromatic rings. The van der Waals surface area contributed by atoms with Crippen molar-refractivity contribution >= 4 is 0 Å². The van der Waals surface area contributed by atoms with Crippen molar-refractivity contribution in [2.24, 2.45) is 11.7 Å². The van der Waals surface area contributed by atoms with E-state index in [1.807, 2.05) is 19.1 Å². The molecule has 0 fully saturated rings. The van der Waals surface area contributed by atoms with Crippen molar-refractivity contribution in [1.29, 1.82) is 0 Å². The topological polar surface area (TPSA) is 75.7 Å². The van der Waals surface area contributed by atoms with E-state index in [-0.39, 0.29) is 12.4 Å².